The number of imidazole rings is 1. The van der Waals surface area contributed by atoms with Crippen LogP contribution in [0.2, 0.25) is 5.15 Å². The summed E-state index contributed by atoms with van der Waals surface area (Å²) in [5.41, 5.74) is 3.87. The number of halogens is 1. The maximum absolute atomic E-state index is 11.8. The number of nitrogens with zero attached hydrogens (tertiary/aromatic N) is 7. The smallest absolute Gasteiger partial charge is 0.377 e. The van der Waals surface area contributed by atoms with Gasteiger partial charge in [0.1, 0.15) is 16.4 Å². The van der Waals surface area contributed by atoms with Crippen LogP contribution in [-0.4, -0.2) is 54.4 Å². The van der Waals surface area contributed by atoms with Crippen molar-refractivity contribution in [3.63, 3.8) is 0 Å². The average Bonchev–Trinajstić information content (AvgIpc) is 3.62. The standard InChI is InChI=1S/C30H31ClN8O3/c1-18-7-9-19(10-8-18)16-39-25-24(21-11-12-32-23(31)15-21)33-27(28-36-30(40)42-37-28)34-26(25)35-29(39)38-13-14-41-17-22(38)20-5-3-2-4-6-20/h2-6,11-12,15,18-19,22H,7-10,13-14,16-17H2,1H3,(H,36,37,40)/t18-,19-,22-/m0/s1. The number of pyridine rings is 1. The zero-order chi connectivity index (χ0) is 28.6. The fourth-order valence-electron chi connectivity index (χ4n) is 6.16. The molecule has 0 radical (unpaired) electrons. The molecule has 0 spiro atoms. The predicted molar refractivity (Wildman–Crippen MR) is 158 cm³/mol. The second kappa shape index (κ2) is 11.3. The van der Waals surface area contributed by atoms with E-state index >= 15 is 0 Å². The number of fused-ring (bicyclic) bond motifs is 1. The van der Waals surface area contributed by atoms with Crippen LogP contribution in [0.3, 0.4) is 0 Å². The molecule has 7 rings (SSSR count). The van der Waals surface area contributed by atoms with Gasteiger partial charge in [0, 0.05) is 24.8 Å². The molecule has 1 atom stereocenters. The number of aromatic amines is 1. The largest absolute Gasteiger partial charge is 0.439 e. The number of H-pyrrole nitrogens is 1. The van der Waals surface area contributed by atoms with E-state index in [0.717, 1.165) is 47.9 Å². The summed E-state index contributed by atoms with van der Waals surface area (Å²) < 4.78 is 13.0. The summed E-state index contributed by atoms with van der Waals surface area (Å²) in [6.45, 7) is 4.95. The second-order valence-corrected chi connectivity index (χ2v) is 11.6. The normalized spacial score (nSPS) is 21.2. The molecule has 1 aromatic carbocycles. The van der Waals surface area contributed by atoms with E-state index in [1.807, 2.05) is 12.1 Å². The summed E-state index contributed by atoms with van der Waals surface area (Å²) in [6, 6.07) is 14.0. The van der Waals surface area contributed by atoms with Gasteiger partial charge in [-0.05, 0) is 42.4 Å². The Balaban J connectivity index is 1.45. The van der Waals surface area contributed by atoms with Gasteiger partial charge in [0.15, 0.2) is 5.65 Å². The van der Waals surface area contributed by atoms with E-state index < -0.39 is 5.76 Å². The lowest BCUT2D eigenvalue weighted by Gasteiger charge is -2.37. The summed E-state index contributed by atoms with van der Waals surface area (Å²) in [6.07, 6.45) is 6.39. The van der Waals surface area contributed by atoms with Crippen LogP contribution < -0.4 is 10.7 Å². The quantitative estimate of drug-likeness (QED) is 0.264. The number of anilines is 1. The minimum absolute atomic E-state index is 0.0139. The van der Waals surface area contributed by atoms with Gasteiger partial charge in [-0.25, -0.2) is 19.7 Å². The molecule has 4 aromatic heterocycles. The van der Waals surface area contributed by atoms with Crippen molar-refractivity contribution < 1.29 is 9.26 Å². The van der Waals surface area contributed by atoms with Crippen LogP contribution in [0.5, 0.6) is 0 Å². The highest BCUT2D eigenvalue weighted by atomic mass is 35.5. The summed E-state index contributed by atoms with van der Waals surface area (Å²) in [5.74, 6) is 1.72. The van der Waals surface area contributed by atoms with Gasteiger partial charge in [-0.3, -0.25) is 9.51 Å². The van der Waals surface area contributed by atoms with Crippen LogP contribution in [0.15, 0.2) is 58.0 Å². The molecule has 11 nitrogen and oxygen atoms in total. The Kier molecular flexibility index (Phi) is 7.20. The highest BCUT2D eigenvalue weighted by molar-refractivity contribution is 6.29. The fourth-order valence-corrected chi connectivity index (χ4v) is 6.34. The molecular weight excluding hydrogens is 556 g/mol. The summed E-state index contributed by atoms with van der Waals surface area (Å²) in [7, 11) is 0. The highest BCUT2D eigenvalue weighted by Crippen LogP contribution is 2.38. The van der Waals surface area contributed by atoms with E-state index in [1.165, 1.54) is 12.8 Å². The molecule has 0 bridgehead atoms. The zero-order valence-electron chi connectivity index (χ0n) is 23.2. The van der Waals surface area contributed by atoms with E-state index in [0.29, 0.717) is 42.2 Å². The van der Waals surface area contributed by atoms with Crippen LogP contribution in [0, 0.1) is 11.8 Å². The fraction of sp³-hybridized carbons (Fsp3) is 0.400. The molecule has 1 saturated heterocycles. The second-order valence-electron chi connectivity index (χ2n) is 11.2. The molecule has 42 heavy (non-hydrogen) atoms. The van der Waals surface area contributed by atoms with Crippen LogP contribution in [0.1, 0.15) is 44.2 Å². The Morgan fingerprint density at radius 1 is 1.07 bits per heavy atom. The van der Waals surface area contributed by atoms with Crippen molar-refractivity contribution in [2.45, 2.75) is 45.2 Å². The number of benzene rings is 1. The SMILES string of the molecule is C[C@H]1CC[C@H](Cn2c(N3CCOC[C@H]3c3ccccc3)nc3nc(-c4noc(=O)[nH]4)nc(-c4ccnc(Cl)c4)c32)CC1. The molecule has 216 valence electrons. The van der Waals surface area contributed by atoms with Crippen molar-refractivity contribution in [2.75, 3.05) is 24.7 Å². The maximum Gasteiger partial charge on any atom is 0.439 e. The number of rotatable bonds is 6. The maximum atomic E-state index is 11.8. The number of morpholine rings is 1. The summed E-state index contributed by atoms with van der Waals surface area (Å²) in [4.78, 5) is 35.8. The molecule has 2 aliphatic rings. The van der Waals surface area contributed by atoms with Crippen molar-refractivity contribution in [3.05, 3.63) is 69.9 Å². The first-order chi connectivity index (χ1) is 20.5. The first-order valence-corrected chi connectivity index (χ1v) is 14.8. The summed E-state index contributed by atoms with van der Waals surface area (Å²) in [5, 5.41) is 4.20. The van der Waals surface area contributed by atoms with Gasteiger partial charge in [-0.1, -0.05) is 66.9 Å². The minimum Gasteiger partial charge on any atom is -0.377 e. The Hall–Kier alpha value is -4.09. The molecule has 1 aliphatic heterocycles. The average molecular weight is 587 g/mol. The third kappa shape index (κ3) is 5.18. The number of aromatic nitrogens is 7. The van der Waals surface area contributed by atoms with Crippen LogP contribution >= 0.6 is 11.6 Å². The van der Waals surface area contributed by atoms with Gasteiger partial charge >= 0.3 is 5.76 Å². The topological polar surface area (TPSA) is 128 Å². The molecule has 12 heteroatoms. The van der Waals surface area contributed by atoms with Gasteiger partial charge in [-0.2, -0.15) is 4.98 Å². The number of ether oxygens (including phenoxy) is 1. The lowest BCUT2D eigenvalue weighted by Crippen LogP contribution is -2.41. The van der Waals surface area contributed by atoms with E-state index in [2.05, 4.69) is 55.8 Å². The zero-order valence-corrected chi connectivity index (χ0v) is 24.0. The molecule has 1 N–H and O–H groups in total. The first kappa shape index (κ1) is 26.8. The Morgan fingerprint density at radius 3 is 2.67 bits per heavy atom. The Labute approximate surface area is 246 Å². The lowest BCUT2D eigenvalue weighted by molar-refractivity contribution is 0.0927. The van der Waals surface area contributed by atoms with E-state index in [-0.39, 0.29) is 17.7 Å². The molecule has 0 unspecified atom stereocenters. The summed E-state index contributed by atoms with van der Waals surface area (Å²) >= 11 is 6.36. The van der Waals surface area contributed by atoms with Crippen LogP contribution in [0.4, 0.5) is 5.95 Å². The minimum atomic E-state index is -0.682. The van der Waals surface area contributed by atoms with Gasteiger partial charge in [-0.15, -0.1) is 0 Å². The Morgan fingerprint density at radius 2 is 1.90 bits per heavy atom. The molecule has 5 heterocycles. The highest BCUT2D eigenvalue weighted by Gasteiger charge is 2.32. The molecule has 1 aliphatic carbocycles. The van der Waals surface area contributed by atoms with Gasteiger partial charge < -0.3 is 14.2 Å². The first-order valence-electron chi connectivity index (χ1n) is 14.4. The van der Waals surface area contributed by atoms with Gasteiger partial charge in [0.25, 0.3) is 0 Å². The Bertz CT molecular complexity index is 1760. The van der Waals surface area contributed by atoms with Crippen molar-refractivity contribution in [1.82, 2.24) is 34.6 Å². The molecule has 2 fully saturated rings. The van der Waals surface area contributed by atoms with Crippen LogP contribution in [-0.2, 0) is 11.3 Å². The molecule has 0 amide bonds. The third-order valence-corrected chi connectivity index (χ3v) is 8.59. The van der Waals surface area contributed by atoms with Crippen molar-refractivity contribution >= 4 is 28.7 Å². The van der Waals surface area contributed by atoms with E-state index in [9.17, 15) is 4.79 Å². The van der Waals surface area contributed by atoms with E-state index in [1.54, 1.807) is 12.3 Å². The van der Waals surface area contributed by atoms with Crippen LogP contribution in [0.25, 0.3) is 34.1 Å². The number of hydrogen-bond donors (Lipinski definition) is 1. The van der Waals surface area contributed by atoms with Crippen molar-refractivity contribution in [3.8, 4) is 22.9 Å². The molecule has 5 aromatic rings. The predicted octanol–water partition coefficient (Wildman–Crippen LogP) is 5.29. The monoisotopic (exact) mass is 586 g/mol. The van der Waals surface area contributed by atoms with Crippen molar-refractivity contribution in [2.24, 2.45) is 11.8 Å². The van der Waals surface area contributed by atoms with Gasteiger partial charge in [0.2, 0.25) is 17.6 Å². The molecule has 1 saturated carbocycles. The van der Waals surface area contributed by atoms with Crippen molar-refractivity contribution in [1.29, 1.82) is 0 Å². The number of nitrogens with one attached hydrogen (secondary N) is 1. The molecular formula is C30H31ClN8O3. The van der Waals surface area contributed by atoms with Gasteiger partial charge in [0.05, 0.1) is 19.3 Å². The lowest BCUT2D eigenvalue weighted by atomic mass is 9.83. The number of hydrogen-bond acceptors (Lipinski definition) is 9. The third-order valence-electron chi connectivity index (χ3n) is 8.38. The van der Waals surface area contributed by atoms with E-state index in [4.69, 9.17) is 35.8 Å².